The Kier molecular flexibility index (Phi) is 2.02. The molecule has 2 aromatic rings. The van der Waals surface area contributed by atoms with E-state index >= 15 is 0 Å². The van der Waals surface area contributed by atoms with Gasteiger partial charge in [0.15, 0.2) is 0 Å². The highest BCUT2D eigenvalue weighted by molar-refractivity contribution is 5.90. The van der Waals surface area contributed by atoms with Crippen LogP contribution in [0.3, 0.4) is 0 Å². The normalized spacial score (nSPS) is 10.1. The molecule has 0 radical (unpaired) electrons. The van der Waals surface area contributed by atoms with E-state index in [0.717, 1.165) is 0 Å². The van der Waals surface area contributed by atoms with Gasteiger partial charge in [-0.2, -0.15) is 0 Å². The smallest absolute Gasteiger partial charge is 0.364 e. The van der Waals surface area contributed by atoms with Crippen molar-refractivity contribution in [1.29, 1.82) is 0 Å². The quantitative estimate of drug-likeness (QED) is 0.655. The molecule has 0 saturated heterocycles. The summed E-state index contributed by atoms with van der Waals surface area (Å²) in [4.78, 5) is 11.2. The van der Waals surface area contributed by atoms with Gasteiger partial charge in [-0.05, 0) is 22.4 Å². The lowest BCUT2D eigenvalue weighted by Gasteiger charge is -1.97. The maximum absolute atomic E-state index is 11.2. The lowest BCUT2D eigenvalue weighted by Crippen LogP contribution is -2.06. The molecular weight excluding hydrogens is 186 g/mol. The van der Waals surface area contributed by atoms with E-state index in [1.165, 1.54) is 7.11 Å². The van der Waals surface area contributed by atoms with Gasteiger partial charge >= 0.3 is 5.97 Å². The number of carbonyl (C=O) groups is 1. The van der Waals surface area contributed by atoms with Gasteiger partial charge in [-0.25, -0.2) is 9.42 Å². The molecule has 2 aromatic heterocycles. The molecule has 0 fully saturated rings. The van der Waals surface area contributed by atoms with Crippen molar-refractivity contribution in [1.82, 2.24) is 14.9 Å². The molecule has 0 saturated carbocycles. The Labute approximate surface area is 79.0 Å². The number of hydrogen-bond acceptors (Lipinski definition) is 5. The summed E-state index contributed by atoms with van der Waals surface area (Å²) in [6.45, 7) is 0. The van der Waals surface area contributed by atoms with Crippen LogP contribution in [0.25, 0.3) is 5.82 Å². The van der Waals surface area contributed by atoms with Crippen LogP contribution in [-0.2, 0) is 4.74 Å². The Morgan fingerprint density at radius 3 is 2.79 bits per heavy atom. The van der Waals surface area contributed by atoms with Crippen LogP contribution >= 0.6 is 0 Å². The van der Waals surface area contributed by atoms with Gasteiger partial charge in [0.2, 0.25) is 11.5 Å². The summed E-state index contributed by atoms with van der Waals surface area (Å²) in [5.41, 5.74) is 0.0590. The molecule has 0 N–H and O–H groups in total. The predicted molar refractivity (Wildman–Crippen MR) is 45.0 cm³/mol. The van der Waals surface area contributed by atoms with Gasteiger partial charge in [-0.15, -0.1) is 0 Å². The molecular formula is C8H7N3O3. The zero-order valence-corrected chi connectivity index (χ0v) is 7.38. The number of aromatic nitrogens is 3. The van der Waals surface area contributed by atoms with Crippen molar-refractivity contribution in [2.45, 2.75) is 0 Å². The highest BCUT2D eigenvalue weighted by Gasteiger charge is 2.19. The first kappa shape index (κ1) is 8.49. The lowest BCUT2D eigenvalue weighted by molar-refractivity contribution is 0.0588. The van der Waals surface area contributed by atoms with Crippen LogP contribution in [0.5, 0.6) is 0 Å². The van der Waals surface area contributed by atoms with E-state index in [1.54, 1.807) is 29.1 Å². The van der Waals surface area contributed by atoms with E-state index in [-0.39, 0.29) is 5.69 Å². The summed E-state index contributed by atoms with van der Waals surface area (Å²) in [7, 11) is 1.27. The van der Waals surface area contributed by atoms with Crippen LogP contribution in [-0.4, -0.2) is 28.0 Å². The molecule has 14 heavy (non-hydrogen) atoms. The van der Waals surface area contributed by atoms with Crippen LogP contribution in [0.1, 0.15) is 10.5 Å². The van der Waals surface area contributed by atoms with Gasteiger partial charge in [-0.1, -0.05) is 0 Å². The van der Waals surface area contributed by atoms with E-state index in [2.05, 4.69) is 19.7 Å². The summed E-state index contributed by atoms with van der Waals surface area (Å²) in [6.07, 6.45) is 3.46. The number of methoxy groups -OCH3 is 1. The SMILES string of the molecule is COC(=O)c1nonc1-n1cccc1. The van der Waals surface area contributed by atoms with Crippen LogP contribution in [0, 0.1) is 0 Å². The molecule has 0 aliphatic heterocycles. The number of rotatable bonds is 2. The average Bonchev–Trinajstić information content (AvgIpc) is 2.85. The van der Waals surface area contributed by atoms with Crippen LogP contribution < -0.4 is 0 Å². The Balaban J connectivity index is 2.45. The molecule has 6 nitrogen and oxygen atoms in total. The van der Waals surface area contributed by atoms with Gasteiger partial charge in [0.05, 0.1) is 7.11 Å². The monoisotopic (exact) mass is 193 g/mol. The molecule has 0 spiro atoms. The predicted octanol–water partition coefficient (Wildman–Crippen LogP) is 0.647. The minimum Gasteiger partial charge on any atom is -0.464 e. The van der Waals surface area contributed by atoms with Crippen molar-refractivity contribution >= 4 is 5.97 Å². The van der Waals surface area contributed by atoms with Gasteiger partial charge in [0, 0.05) is 12.4 Å². The fourth-order valence-corrected chi connectivity index (χ4v) is 1.05. The minimum absolute atomic E-state index is 0.0590. The fraction of sp³-hybridized carbons (Fsp3) is 0.125. The van der Waals surface area contributed by atoms with Gasteiger partial charge in [0.25, 0.3) is 0 Å². The third-order valence-corrected chi connectivity index (χ3v) is 1.70. The summed E-state index contributed by atoms with van der Waals surface area (Å²) in [5.74, 6) is -0.253. The maximum atomic E-state index is 11.2. The maximum Gasteiger partial charge on any atom is 0.364 e. The van der Waals surface area contributed by atoms with Crippen LogP contribution in [0.4, 0.5) is 0 Å². The molecule has 0 bridgehead atoms. The van der Waals surface area contributed by atoms with Crippen molar-refractivity contribution in [3.8, 4) is 5.82 Å². The zero-order valence-electron chi connectivity index (χ0n) is 7.38. The van der Waals surface area contributed by atoms with Crippen molar-refractivity contribution in [2.24, 2.45) is 0 Å². The molecule has 0 amide bonds. The first-order chi connectivity index (χ1) is 6.83. The number of hydrogen-bond donors (Lipinski definition) is 0. The lowest BCUT2D eigenvalue weighted by atomic mass is 10.4. The molecule has 0 unspecified atom stereocenters. The number of esters is 1. The van der Waals surface area contributed by atoms with Crippen molar-refractivity contribution in [3.05, 3.63) is 30.2 Å². The first-order valence-electron chi connectivity index (χ1n) is 3.87. The summed E-state index contributed by atoms with van der Waals surface area (Å²) in [5, 5.41) is 7.07. The topological polar surface area (TPSA) is 70.2 Å². The van der Waals surface area contributed by atoms with Gasteiger partial charge in [-0.3, -0.25) is 0 Å². The number of ether oxygens (including phenoxy) is 1. The second kappa shape index (κ2) is 3.33. The minimum atomic E-state index is -0.574. The highest BCUT2D eigenvalue weighted by Crippen LogP contribution is 2.10. The first-order valence-corrected chi connectivity index (χ1v) is 3.87. The van der Waals surface area contributed by atoms with Crippen molar-refractivity contribution < 1.29 is 14.2 Å². The largest absolute Gasteiger partial charge is 0.464 e. The second-order valence-electron chi connectivity index (χ2n) is 2.52. The Morgan fingerprint density at radius 2 is 2.14 bits per heavy atom. The number of carbonyl (C=O) groups excluding carboxylic acids is 1. The molecule has 0 aliphatic carbocycles. The summed E-state index contributed by atoms with van der Waals surface area (Å²) in [6, 6.07) is 3.60. The summed E-state index contributed by atoms with van der Waals surface area (Å²) < 4.78 is 10.6. The number of nitrogens with zero attached hydrogens (tertiary/aromatic N) is 3. The summed E-state index contributed by atoms with van der Waals surface area (Å²) >= 11 is 0. The molecule has 0 aliphatic rings. The molecule has 2 heterocycles. The Morgan fingerprint density at radius 1 is 1.43 bits per heavy atom. The van der Waals surface area contributed by atoms with Gasteiger partial charge in [0.1, 0.15) is 0 Å². The average molecular weight is 193 g/mol. The molecule has 0 atom stereocenters. The van der Waals surface area contributed by atoms with E-state index in [0.29, 0.717) is 5.82 Å². The van der Waals surface area contributed by atoms with Crippen molar-refractivity contribution in [2.75, 3.05) is 7.11 Å². The van der Waals surface area contributed by atoms with Gasteiger partial charge < -0.3 is 9.30 Å². The van der Waals surface area contributed by atoms with Crippen LogP contribution in [0.2, 0.25) is 0 Å². The second-order valence-corrected chi connectivity index (χ2v) is 2.52. The third kappa shape index (κ3) is 1.26. The Bertz CT molecular complexity index is 432. The van der Waals surface area contributed by atoms with Crippen molar-refractivity contribution in [3.63, 3.8) is 0 Å². The zero-order chi connectivity index (χ0) is 9.97. The molecule has 2 rings (SSSR count). The van der Waals surface area contributed by atoms with E-state index < -0.39 is 5.97 Å². The highest BCUT2D eigenvalue weighted by atomic mass is 16.6. The molecule has 0 aromatic carbocycles. The van der Waals surface area contributed by atoms with E-state index in [4.69, 9.17) is 0 Å². The molecule has 72 valence electrons. The molecule has 6 heteroatoms. The Hall–Kier alpha value is -2.11. The third-order valence-electron chi connectivity index (χ3n) is 1.70. The standard InChI is InChI=1S/C8H7N3O3/c1-13-8(12)6-7(10-14-9-6)11-4-2-3-5-11/h2-5H,1H3. The van der Waals surface area contributed by atoms with E-state index in [9.17, 15) is 4.79 Å². The fourth-order valence-electron chi connectivity index (χ4n) is 1.05. The van der Waals surface area contributed by atoms with E-state index in [1.807, 2.05) is 0 Å². The van der Waals surface area contributed by atoms with Crippen LogP contribution in [0.15, 0.2) is 29.2 Å².